The molecule has 2 amide bonds. The monoisotopic (exact) mass is 250 g/mol. The average Bonchev–Trinajstić information content (AvgIpc) is 2.23. The number of nitrogens with one attached hydrogen (secondary N) is 1. The first-order chi connectivity index (χ1) is 8.41. The number of hydrogen-bond acceptors (Lipinski definition) is 2. The molecule has 0 saturated carbocycles. The Morgan fingerprint density at radius 2 is 2.06 bits per heavy atom. The van der Waals surface area contributed by atoms with E-state index >= 15 is 0 Å². The van der Waals surface area contributed by atoms with Crippen LogP contribution in [0.3, 0.4) is 0 Å². The van der Waals surface area contributed by atoms with Crippen molar-refractivity contribution in [3.05, 3.63) is 23.8 Å². The second-order valence-electron chi connectivity index (χ2n) is 5.19. The largest absolute Gasteiger partial charge is 0.370 e. The van der Waals surface area contributed by atoms with Crippen LogP contribution in [0, 0.1) is 0 Å². The van der Waals surface area contributed by atoms with Crippen molar-refractivity contribution in [1.29, 1.82) is 0 Å². The van der Waals surface area contributed by atoms with Crippen molar-refractivity contribution in [2.45, 2.75) is 51.5 Å². The predicted molar refractivity (Wildman–Crippen MR) is 71.7 cm³/mol. The van der Waals surface area contributed by atoms with Gasteiger partial charge in [-0.3, -0.25) is 9.59 Å². The standard InChI is InChI=1S/C14H22N2O2/c1-11-6-5-9-14(2,10-11)16-13(18)8-4-3-7-12(15)17/h5-6,9H,3-4,7-8,10H2,1-2H3,(H2,15,17)(H,16,18). The Morgan fingerprint density at radius 3 is 2.67 bits per heavy atom. The number of carbonyl (C=O) groups excluding carboxylic acids is 2. The third kappa shape index (κ3) is 5.17. The van der Waals surface area contributed by atoms with Crippen LogP contribution in [0.25, 0.3) is 0 Å². The van der Waals surface area contributed by atoms with Crippen molar-refractivity contribution >= 4 is 11.8 Å². The molecule has 0 aromatic rings. The lowest BCUT2D eigenvalue weighted by Crippen LogP contribution is -2.45. The Kier molecular flexibility index (Phi) is 5.13. The fourth-order valence-electron chi connectivity index (χ4n) is 2.17. The maximum absolute atomic E-state index is 11.8. The Balaban J connectivity index is 2.30. The lowest BCUT2D eigenvalue weighted by atomic mass is 9.89. The van der Waals surface area contributed by atoms with Gasteiger partial charge in [0.25, 0.3) is 0 Å². The van der Waals surface area contributed by atoms with E-state index < -0.39 is 0 Å². The van der Waals surface area contributed by atoms with Crippen molar-refractivity contribution in [2.24, 2.45) is 5.73 Å². The molecule has 18 heavy (non-hydrogen) atoms. The molecule has 0 aromatic carbocycles. The Morgan fingerprint density at radius 1 is 1.39 bits per heavy atom. The van der Waals surface area contributed by atoms with Crippen LogP contribution in [0.4, 0.5) is 0 Å². The molecule has 0 spiro atoms. The van der Waals surface area contributed by atoms with Gasteiger partial charge in [-0.05, 0) is 33.1 Å². The quantitative estimate of drug-likeness (QED) is 0.706. The minimum atomic E-state index is -0.307. The normalized spacial score (nSPS) is 22.4. The average molecular weight is 250 g/mol. The zero-order chi connectivity index (χ0) is 13.6. The summed E-state index contributed by atoms with van der Waals surface area (Å²) in [6.45, 7) is 4.07. The van der Waals surface area contributed by atoms with E-state index in [0.29, 0.717) is 25.7 Å². The summed E-state index contributed by atoms with van der Waals surface area (Å²) >= 11 is 0. The summed E-state index contributed by atoms with van der Waals surface area (Å²) in [4.78, 5) is 22.3. The third-order valence-electron chi connectivity index (χ3n) is 2.99. The zero-order valence-corrected chi connectivity index (χ0v) is 11.2. The van der Waals surface area contributed by atoms with Crippen LogP contribution in [-0.2, 0) is 9.59 Å². The highest BCUT2D eigenvalue weighted by atomic mass is 16.2. The summed E-state index contributed by atoms with van der Waals surface area (Å²) in [5, 5.41) is 3.03. The zero-order valence-electron chi connectivity index (χ0n) is 11.2. The molecule has 4 nitrogen and oxygen atoms in total. The molecule has 100 valence electrons. The summed E-state index contributed by atoms with van der Waals surface area (Å²) in [6.07, 6.45) is 9.06. The number of rotatable bonds is 6. The first-order valence-electron chi connectivity index (χ1n) is 6.36. The van der Waals surface area contributed by atoms with Gasteiger partial charge in [-0.25, -0.2) is 0 Å². The molecular weight excluding hydrogens is 228 g/mol. The minimum Gasteiger partial charge on any atom is -0.370 e. The molecule has 0 fully saturated rings. The number of nitrogens with two attached hydrogens (primary N) is 1. The molecule has 0 heterocycles. The van der Waals surface area contributed by atoms with E-state index in [4.69, 9.17) is 5.73 Å². The van der Waals surface area contributed by atoms with E-state index in [1.807, 2.05) is 19.1 Å². The number of unbranched alkanes of at least 4 members (excludes halogenated alkanes) is 1. The van der Waals surface area contributed by atoms with E-state index in [9.17, 15) is 9.59 Å². The first kappa shape index (κ1) is 14.5. The van der Waals surface area contributed by atoms with Crippen LogP contribution < -0.4 is 11.1 Å². The first-order valence-corrected chi connectivity index (χ1v) is 6.36. The maximum atomic E-state index is 11.8. The number of primary amides is 1. The molecular formula is C14H22N2O2. The second-order valence-corrected chi connectivity index (χ2v) is 5.19. The highest BCUT2D eigenvalue weighted by Crippen LogP contribution is 2.22. The molecule has 1 atom stereocenters. The molecule has 1 rings (SSSR count). The van der Waals surface area contributed by atoms with Crippen LogP contribution in [0.2, 0.25) is 0 Å². The molecule has 0 saturated heterocycles. The summed E-state index contributed by atoms with van der Waals surface area (Å²) < 4.78 is 0. The summed E-state index contributed by atoms with van der Waals surface area (Å²) in [6, 6.07) is 0. The molecule has 1 unspecified atom stereocenters. The second kappa shape index (κ2) is 6.38. The lowest BCUT2D eigenvalue weighted by Gasteiger charge is -2.30. The van der Waals surface area contributed by atoms with Gasteiger partial charge in [-0.2, -0.15) is 0 Å². The van der Waals surface area contributed by atoms with Gasteiger partial charge < -0.3 is 11.1 Å². The van der Waals surface area contributed by atoms with Crippen LogP contribution in [0.15, 0.2) is 23.8 Å². The molecule has 0 aliphatic heterocycles. The highest BCUT2D eigenvalue weighted by molar-refractivity contribution is 5.77. The Hall–Kier alpha value is -1.58. The number of allylic oxidation sites excluding steroid dienone is 2. The highest BCUT2D eigenvalue weighted by Gasteiger charge is 2.24. The van der Waals surface area contributed by atoms with Gasteiger partial charge in [0.2, 0.25) is 11.8 Å². The third-order valence-corrected chi connectivity index (χ3v) is 2.99. The van der Waals surface area contributed by atoms with E-state index in [0.717, 1.165) is 6.42 Å². The molecule has 0 bridgehead atoms. The van der Waals surface area contributed by atoms with Gasteiger partial charge in [0.05, 0.1) is 5.54 Å². The molecule has 4 heteroatoms. The number of amides is 2. The predicted octanol–water partition coefficient (Wildman–Crippen LogP) is 1.81. The Bertz CT molecular complexity index is 385. The lowest BCUT2D eigenvalue weighted by molar-refractivity contribution is -0.123. The molecule has 3 N–H and O–H groups in total. The van der Waals surface area contributed by atoms with E-state index in [1.165, 1.54) is 5.57 Å². The van der Waals surface area contributed by atoms with Crippen molar-refractivity contribution in [2.75, 3.05) is 0 Å². The van der Waals surface area contributed by atoms with Gasteiger partial charge in [0.15, 0.2) is 0 Å². The summed E-state index contributed by atoms with van der Waals surface area (Å²) in [5.41, 5.74) is 6.02. The van der Waals surface area contributed by atoms with Crippen LogP contribution in [0.1, 0.15) is 46.0 Å². The van der Waals surface area contributed by atoms with Gasteiger partial charge >= 0.3 is 0 Å². The van der Waals surface area contributed by atoms with E-state index in [-0.39, 0.29) is 17.4 Å². The van der Waals surface area contributed by atoms with Gasteiger partial charge in [-0.15, -0.1) is 0 Å². The topological polar surface area (TPSA) is 72.2 Å². The van der Waals surface area contributed by atoms with Crippen LogP contribution >= 0.6 is 0 Å². The van der Waals surface area contributed by atoms with Crippen molar-refractivity contribution < 1.29 is 9.59 Å². The molecule has 1 aliphatic carbocycles. The smallest absolute Gasteiger partial charge is 0.220 e. The summed E-state index contributed by atoms with van der Waals surface area (Å²) in [7, 11) is 0. The maximum Gasteiger partial charge on any atom is 0.220 e. The van der Waals surface area contributed by atoms with Gasteiger partial charge in [0, 0.05) is 12.8 Å². The molecule has 0 radical (unpaired) electrons. The van der Waals surface area contributed by atoms with Crippen LogP contribution in [0.5, 0.6) is 0 Å². The van der Waals surface area contributed by atoms with E-state index in [1.54, 1.807) is 0 Å². The van der Waals surface area contributed by atoms with Gasteiger partial charge in [-0.1, -0.05) is 23.8 Å². The van der Waals surface area contributed by atoms with E-state index in [2.05, 4.69) is 18.3 Å². The fourth-order valence-corrected chi connectivity index (χ4v) is 2.17. The number of carbonyl (C=O) groups is 2. The van der Waals surface area contributed by atoms with Gasteiger partial charge in [0.1, 0.15) is 0 Å². The SMILES string of the molecule is CC1=CC=CC(C)(NC(=O)CCCCC(N)=O)C1. The fraction of sp³-hybridized carbons (Fsp3) is 0.571. The molecule has 0 aromatic heterocycles. The minimum absolute atomic E-state index is 0.0290. The summed E-state index contributed by atoms with van der Waals surface area (Å²) in [5.74, 6) is -0.278. The van der Waals surface area contributed by atoms with Crippen molar-refractivity contribution in [1.82, 2.24) is 5.32 Å². The van der Waals surface area contributed by atoms with Crippen molar-refractivity contribution in [3.8, 4) is 0 Å². The number of hydrogen-bond donors (Lipinski definition) is 2. The Labute approximate surface area is 108 Å². The van der Waals surface area contributed by atoms with Crippen molar-refractivity contribution in [3.63, 3.8) is 0 Å². The molecule has 1 aliphatic rings. The van der Waals surface area contributed by atoms with Crippen LogP contribution in [-0.4, -0.2) is 17.4 Å².